The van der Waals surface area contributed by atoms with Crippen LogP contribution in [0.1, 0.15) is 46.0 Å². The van der Waals surface area contributed by atoms with Gasteiger partial charge in [0.05, 0.1) is 22.0 Å². The van der Waals surface area contributed by atoms with E-state index in [2.05, 4.69) is 36.6 Å². The lowest BCUT2D eigenvalue weighted by Crippen LogP contribution is -2.31. The molecule has 2 amide bonds. The summed E-state index contributed by atoms with van der Waals surface area (Å²) < 4.78 is 15.2. The number of hydrogen-bond donors (Lipinski definition) is 2. The maximum Gasteiger partial charge on any atom is 0.274 e. The molecule has 0 atom stereocenters. The van der Waals surface area contributed by atoms with Crippen molar-refractivity contribution in [2.75, 3.05) is 5.32 Å². The average molecular weight is 509 g/mol. The molecule has 0 aliphatic rings. The van der Waals surface area contributed by atoms with E-state index in [4.69, 9.17) is 11.6 Å². The molecular weight excluding hydrogens is 489 g/mol. The number of hydrogen-bond acceptors (Lipinski definition) is 4. The zero-order valence-electron chi connectivity index (χ0n) is 17.0. The van der Waals surface area contributed by atoms with Crippen molar-refractivity contribution >= 4 is 45.0 Å². The summed E-state index contributed by atoms with van der Waals surface area (Å²) in [5.41, 5.74) is 1.39. The first kappa shape index (κ1) is 22.9. The van der Waals surface area contributed by atoms with E-state index in [0.29, 0.717) is 21.3 Å². The number of carbonyl (C=O) groups is 2. The molecular formula is C21H20BrClFN5O2. The molecule has 0 unspecified atom stereocenters. The van der Waals surface area contributed by atoms with E-state index < -0.39 is 12.6 Å². The summed E-state index contributed by atoms with van der Waals surface area (Å²) in [5, 5.41) is 9.94. The number of nitrogens with zero attached hydrogens (tertiary/aromatic N) is 3. The van der Waals surface area contributed by atoms with E-state index in [1.165, 1.54) is 16.9 Å². The number of alkyl halides is 1. The van der Waals surface area contributed by atoms with Crippen LogP contribution in [0, 0.1) is 6.92 Å². The first-order valence-corrected chi connectivity index (χ1v) is 10.6. The van der Waals surface area contributed by atoms with Crippen LogP contribution in [0.3, 0.4) is 0 Å². The number of nitrogens with one attached hydrogen (secondary N) is 2. The predicted octanol–water partition coefficient (Wildman–Crippen LogP) is 4.85. The first-order chi connectivity index (χ1) is 14.7. The molecule has 0 saturated heterocycles. The fraction of sp³-hybridized carbons (Fsp3) is 0.238. The number of benzene rings is 1. The molecule has 0 bridgehead atoms. The Hall–Kier alpha value is -2.78. The van der Waals surface area contributed by atoms with Gasteiger partial charge >= 0.3 is 0 Å². The van der Waals surface area contributed by atoms with Crippen molar-refractivity contribution in [2.24, 2.45) is 0 Å². The lowest BCUT2D eigenvalue weighted by Gasteiger charge is -2.16. The van der Waals surface area contributed by atoms with Gasteiger partial charge in [0.15, 0.2) is 5.82 Å². The van der Waals surface area contributed by atoms with Gasteiger partial charge in [0.1, 0.15) is 12.4 Å². The number of anilines is 1. The molecule has 0 spiro atoms. The Kier molecular flexibility index (Phi) is 7.07. The SMILES string of the molecule is Cc1cc(Br)cc(C(=O)NC(C)C)c1NC(=O)c1cc(CF)nn1-c1ncccc1Cl. The van der Waals surface area contributed by atoms with Crippen LogP contribution in [-0.4, -0.2) is 32.6 Å². The number of pyridine rings is 1. The molecule has 0 aliphatic carbocycles. The Morgan fingerprint density at radius 2 is 2.00 bits per heavy atom. The van der Waals surface area contributed by atoms with Crippen LogP contribution < -0.4 is 10.6 Å². The molecule has 1 aromatic carbocycles. The minimum Gasteiger partial charge on any atom is -0.350 e. The van der Waals surface area contributed by atoms with Crippen molar-refractivity contribution in [3.63, 3.8) is 0 Å². The van der Waals surface area contributed by atoms with Crippen LogP contribution in [0.15, 0.2) is 41.0 Å². The van der Waals surface area contributed by atoms with Gasteiger partial charge in [-0.3, -0.25) is 9.59 Å². The largest absolute Gasteiger partial charge is 0.350 e. The van der Waals surface area contributed by atoms with Crippen molar-refractivity contribution < 1.29 is 14.0 Å². The quantitative estimate of drug-likeness (QED) is 0.498. The highest BCUT2D eigenvalue weighted by Crippen LogP contribution is 2.27. The number of aryl methyl sites for hydroxylation is 1. The Morgan fingerprint density at radius 1 is 1.26 bits per heavy atom. The number of amides is 2. The molecule has 0 fully saturated rings. The van der Waals surface area contributed by atoms with Gasteiger partial charge < -0.3 is 10.6 Å². The highest BCUT2D eigenvalue weighted by Gasteiger charge is 2.23. The summed E-state index contributed by atoms with van der Waals surface area (Å²) in [7, 11) is 0. The molecule has 162 valence electrons. The zero-order valence-corrected chi connectivity index (χ0v) is 19.4. The molecule has 3 rings (SSSR count). The second kappa shape index (κ2) is 9.57. The van der Waals surface area contributed by atoms with E-state index in [0.717, 1.165) is 0 Å². The molecule has 0 saturated carbocycles. The standard InChI is InChI=1S/C21H20BrClFN5O2/c1-11(2)26-20(30)15-8-13(22)7-12(3)18(15)27-21(31)17-9-14(10-24)28-29(17)19-16(23)5-4-6-25-19/h4-9,11H,10H2,1-3H3,(H,26,30)(H,27,31). The molecule has 2 N–H and O–H groups in total. The van der Waals surface area contributed by atoms with Crippen LogP contribution in [0.2, 0.25) is 5.02 Å². The van der Waals surface area contributed by atoms with Crippen molar-refractivity contribution in [3.8, 4) is 5.82 Å². The van der Waals surface area contributed by atoms with Gasteiger partial charge in [-0.2, -0.15) is 5.10 Å². The monoisotopic (exact) mass is 507 g/mol. The number of aromatic nitrogens is 3. The second-order valence-corrected chi connectivity index (χ2v) is 8.43. The first-order valence-electron chi connectivity index (χ1n) is 9.39. The van der Waals surface area contributed by atoms with Crippen LogP contribution in [-0.2, 0) is 6.67 Å². The van der Waals surface area contributed by atoms with E-state index in [-0.39, 0.29) is 34.2 Å². The topological polar surface area (TPSA) is 88.9 Å². The summed E-state index contributed by atoms with van der Waals surface area (Å²) in [6.07, 6.45) is 1.49. The minimum absolute atomic E-state index is 0.0331. The van der Waals surface area contributed by atoms with Crippen LogP contribution in [0.25, 0.3) is 5.82 Å². The van der Waals surface area contributed by atoms with Crippen molar-refractivity contribution in [1.82, 2.24) is 20.1 Å². The fourth-order valence-corrected chi connectivity index (χ4v) is 3.73. The second-order valence-electron chi connectivity index (χ2n) is 7.10. The average Bonchev–Trinajstić information content (AvgIpc) is 3.14. The lowest BCUT2D eigenvalue weighted by molar-refractivity contribution is 0.0944. The van der Waals surface area contributed by atoms with E-state index in [1.54, 1.807) is 31.2 Å². The Morgan fingerprint density at radius 3 is 2.65 bits per heavy atom. The van der Waals surface area contributed by atoms with E-state index in [1.807, 2.05) is 13.8 Å². The lowest BCUT2D eigenvalue weighted by atomic mass is 10.1. The molecule has 7 nitrogen and oxygen atoms in total. The number of rotatable bonds is 6. The number of carbonyl (C=O) groups excluding carboxylic acids is 2. The van der Waals surface area contributed by atoms with Gasteiger partial charge in [0.25, 0.3) is 11.8 Å². The molecule has 2 aromatic heterocycles. The Balaban J connectivity index is 2.04. The third-order valence-corrected chi connectivity index (χ3v) is 5.03. The molecule has 31 heavy (non-hydrogen) atoms. The van der Waals surface area contributed by atoms with Crippen LogP contribution in [0.5, 0.6) is 0 Å². The van der Waals surface area contributed by atoms with Gasteiger partial charge in [0, 0.05) is 16.7 Å². The highest BCUT2D eigenvalue weighted by molar-refractivity contribution is 9.10. The Bertz CT molecular complexity index is 1150. The van der Waals surface area contributed by atoms with Crippen LogP contribution in [0.4, 0.5) is 10.1 Å². The minimum atomic E-state index is -0.864. The fourth-order valence-electron chi connectivity index (χ4n) is 2.96. The van der Waals surface area contributed by atoms with Gasteiger partial charge in [-0.15, -0.1) is 0 Å². The van der Waals surface area contributed by atoms with Crippen LogP contribution >= 0.6 is 27.5 Å². The molecule has 0 radical (unpaired) electrons. The predicted molar refractivity (Wildman–Crippen MR) is 121 cm³/mol. The number of halogens is 3. The molecule has 10 heteroatoms. The van der Waals surface area contributed by atoms with Crippen molar-refractivity contribution in [3.05, 3.63) is 68.5 Å². The molecule has 0 aliphatic heterocycles. The molecule has 3 aromatic rings. The van der Waals surface area contributed by atoms with Gasteiger partial charge in [-0.1, -0.05) is 27.5 Å². The van der Waals surface area contributed by atoms with E-state index >= 15 is 0 Å². The summed E-state index contributed by atoms with van der Waals surface area (Å²) >= 11 is 9.58. The zero-order chi connectivity index (χ0) is 22.7. The summed E-state index contributed by atoms with van der Waals surface area (Å²) in [4.78, 5) is 30.0. The third-order valence-electron chi connectivity index (χ3n) is 4.27. The maximum atomic E-state index is 13.3. The van der Waals surface area contributed by atoms with Gasteiger partial charge in [0.2, 0.25) is 0 Å². The van der Waals surface area contributed by atoms with Gasteiger partial charge in [-0.25, -0.2) is 14.1 Å². The van der Waals surface area contributed by atoms with Crippen molar-refractivity contribution in [1.29, 1.82) is 0 Å². The summed E-state index contributed by atoms with van der Waals surface area (Å²) in [5.74, 6) is -0.724. The van der Waals surface area contributed by atoms with Crippen molar-refractivity contribution in [2.45, 2.75) is 33.5 Å². The highest BCUT2D eigenvalue weighted by atomic mass is 79.9. The molecule has 2 heterocycles. The Labute approximate surface area is 192 Å². The van der Waals surface area contributed by atoms with Gasteiger partial charge in [-0.05, 0) is 56.7 Å². The summed E-state index contributed by atoms with van der Waals surface area (Å²) in [6, 6.07) is 7.87. The normalized spacial score (nSPS) is 10.9. The maximum absolute atomic E-state index is 13.3. The van der Waals surface area contributed by atoms with E-state index in [9.17, 15) is 14.0 Å². The third kappa shape index (κ3) is 5.11. The smallest absolute Gasteiger partial charge is 0.274 e. The summed E-state index contributed by atoms with van der Waals surface area (Å²) in [6.45, 7) is 4.59.